The number of hydrogen-bond acceptors (Lipinski definition) is 3. The Balaban J connectivity index is 3.81. The van der Waals surface area contributed by atoms with Crippen LogP contribution in [0.25, 0.3) is 0 Å². The third kappa shape index (κ3) is 8.39. The summed E-state index contributed by atoms with van der Waals surface area (Å²) in [4.78, 5) is 0. The fourth-order valence-electron chi connectivity index (χ4n) is 1.20. The molecule has 0 aromatic rings. The summed E-state index contributed by atoms with van der Waals surface area (Å²) in [6.07, 6.45) is -4.92. The number of halogens is 3. The summed E-state index contributed by atoms with van der Waals surface area (Å²) in [5, 5.41) is 2.13. The van der Waals surface area contributed by atoms with Crippen LogP contribution in [0.15, 0.2) is 0 Å². The molecule has 0 amide bonds. The largest absolute Gasteiger partial charge is 0.389 e. The third-order valence-corrected chi connectivity index (χ3v) is 4.04. The molecular weight excluding hydrogens is 257 g/mol. The zero-order chi connectivity index (χ0) is 13.5. The van der Waals surface area contributed by atoms with Crippen molar-refractivity contribution in [2.45, 2.75) is 37.6 Å². The van der Waals surface area contributed by atoms with E-state index in [9.17, 15) is 21.6 Å². The number of sulfonamides is 1. The summed E-state index contributed by atoms with van der Waals surface area (Å²) >= 11 is 0. The Labute approximate surface area is 100 Å². The Bertz CT molecular complexity index is 304. The minimum Gasteiger partial charge on any atom is -0.318 e. The Morgan fingerprint density at radius 2 is 1.82 bits per heavy atom. The first-order valence-electron chi connectivity index (χ1n) is 5.39. The van der Waals surface area contributed by atoms with Crippen LogP contribution in [0.4, 0.5) is 13.2 Å². The molecule has 2 N–H and O–H groups in total. The lowest BCUT2D eigenvalue weighted by Gasteiger charge is -2.13. The molecule has 4 nitrogen and oxygen atoms in total. The van der Waals surface area contributed by atoms with Crippen molar-refractivity contribution in [2.75, 3.05) is 20.1 Å². The maximum absolute atomic E-state index is 11.8. The van der Waals surface area contributed by atoms with E-state index >= 15 is 0 Å². The van der Waals surface area contributed by atoms with Gasteiger partial charge in [0.25, 0.3) is 0 Å². The predicted molar refractivity (Wildman–Crippen MR) is 60.2 cm³/mol. The number of alkyl halides is 3. The lowest BCUT2D eigenvalue weighted by molar-refractivity contribution is -0.135. The predicted octanol–water partition coefficient (Wildman–Crippen LogP) is 1.25. The zero-order valence-corrected chi connectivity index (χ0v) is 10.8. The van der Waals surface area contributed by atoms with Crippen LogP contribution in [0, 0.1) is 0 Å². The normalized spacial score (nSPS) is 14.9. The third-order valence-electron chi connectivity index (χ3n) is 2.21. The second kappa shape index (κ2) is 7.17. The van der Waals surface area contributed by atoms with Gasteiger partial charge in [0.05, 0.1) is 5.25 Å². The number of hydrogen-bond donors (Lipinski definition) is 2. The van der Waals surface area contributed by atoms with Crippen LogP contribution in [0.3, 0.4) is 0 Å². The monoisotopic (exact) mass is 276 g/mol. The van der Waals surface area contributed by atoms with Gasteiger partial charge in [-0.2, -0.15) is 13.2 Å². The van der Waals surface area contributed by atoms with Gasteiger partial charge in [-0.05, 0) is 26.8 Å². The Kier molecular flexibility index (Phi) is 7.03. The van der Waals surface area contributed by atoms with Crippen LogP contribution in [-0.4, -0.2) is 40.0 Å². The molecule has 0 radical (unpaired) electrons. The van der Waals surface area contributed by atoms with E-state index in [1.807, 2.05) is 0 Å². The van der Waals surface area contributed by atoms with E-state index in [4.69, 9.17) is 0 Å². The smallest absolute Gasteiger partial charge is 0.318 e. The molecule has 8 heteroatoms. The molecule has 0 fully saturated rings. The molecule has 0 aromatic carbocycles. The van der Waals surface area contributed by atoms with Gasteiger partial charge in [0, 0.05) is 19.5 Å². The molecule has 0 spiro atoms. The van der Waals surface area contributed by atoms with Gasteiger partial charge < -0.3 is 5.32 Å². The molecule has 0 aromatic heterocycles. The van der Waals surface area contributed by atoms with Crippen molar-refractivity contribution in [3.8, 4) is 0 Å². The molecular formula is C9H19F3N2O2S. The minimum atomic E-state index is -4.17. The Morgan fingerprint density at radius 3 is 2.29 bits per heavy atom. The van der Waals surface area contributed by atoms with E-state index in [0.717, 1.165) is 0 Å². The lowest BCUT2D eigenvalue weighted by Crippen LogP contribution is -2.38. The van der Waals surface area contributed by atoms with E-state index in [1.54, 1.807) is 7.05 Å². The average Bonchev–Trinajstić information content (AvgIpc) is 2.15. The highest BCUT2D eigenvalue weighted by atomic mass is 32.2. The van der Waals surface area contributed by atoms with Crippen LogP contribution in [0.5, 0.6) is 0 Å². The van der Waals surface area contributed by atoms with E-state index in [-0.39, 0.29) is 19.4 Å². The number of unbranched alkanes of at least 4 members (excludes halogenated alkanes) is 1. The molecule has 0 aliphatic carbocycles. The van der Waals surface area contributed by atoms with Crippen molar-refractivity contribution in [3.63, 3.8) is 0 Å². The molecule has 0 aliphatic heterocycles. The van der Waals surface area contributed by atoms with Gasteiger partial charge in [-0.15, -0.1) is 0 Å². The van der Waals surface area contributed by atoms with Gasteiger partial charge in [0.15, 0.2) is 0 Å². The first-order chi connectivity index (χ1) is 7.69. The van der Waals surface area contributed by atoms with E-state index in [2.05, 4.69) is 10.0 Å². The highest BCUT2D eigenvalue weighted by Gasteiger charge is 2.26. The summed E-state index contributed by atoms with van der Waals surface area (Å²) in [6, 6.07) is 0. The van der Waals surface area contributed by atoms with E-state index in [0.29, 0.717) is 6.54 Å². The molecule has 0 bridgehead atoms. The summed E-state index contributed by atoms with van der Waals surface area (Å²) in [5.41, 5.74) is 0. The van der Waals surface area contributed by atoms with E-state index < -0.39 is 27.9 Å². The van der Waals surface area contributed by atoms with Gasteiger partial charge in [-0.25, -0.2) is 13.1 Å². The highest BCUT2D eigenvalue weighted by molar-refractivity contribution is 7.90. The Morgan fingerprint density at radius 1 is 1.24 bits per heavy atom. The highest BCUT2D eigenvalue weighted by Crippen LogP contribution is 2.21. The second-order valence-corrected chi connectivity index (χ2v) is 6.06. The van der Waals surface area contributed by atoms with E-state index in [1.165, 1.54) is 6.92 Å². The minimum absolute atomic E-state index is 0.0481. The first kappa shape index (κ1) is 16.7. The van der Waals surface area contributed by atoms with Crippen LogP contribution >= 0.6 is 0 Å². The molecule has 0 saturated heterocycles. The number of nitrogens with one attached hydrogen (secondary N) is 2. The maximum atomic E-state index is 11.8. The Hall–Kier alpha value is -0.340. The molecule has 1 atom stereocenters. The molecule has 0 heterocycles. The second-order valence-electron chi connectivity index (χ2n) is 3.88. The van der Waals surface area contributed by atoms with Crippen LogP contribution in [-0.2, 0) is 10.0 Å². The standard InChI is InChI=1S/C9H19F3N2O2S/c1-8(7-13-2)17(15,16)14-6-4-3-5-9(10,11)12/h8,13-14H,3-7H2,1-2H3. The SMILES string of the molecule is CNCC(C)S(=O)(=O)NCCCCC(F)(F)F. The molecule has 0 rings (SSSR count). The van der Waals surface area contributed by atoms with Crippen molar-refractivity contribution in [3.05, 3.63) is 0 Å². The summed E-state index contributed by atoms with van der Waals surface area (Å²) < 4.78 is 60.7. The van der Waals surface area contributed by atoms with Crippen molar-refractivity contribution in [1.29, 1.82) is 0 Å². The zero-order valence-electron chi connectivity index (χ0n) is 9.97. The first-order valence-corrected chi connectivity index (χ1v) is 6.93. The topological polar surface area (TPSA) is 58.2 Å². The van der Waals surface area contributed by atoms with Crippen LogP contribution in [0.1, 0.15) is 26.2 Å². The molecule has 1 unspecified atom stereocenters. The van der Waals surface area contributed by atoms with Crippen molar-refractivity contribution >= 4 is 10.0 Å². The van der Waals surface area contributed by atoms with Crippen molar-refractivity contribution in [2.24, 2.45) is 0 Å². The van der Waals surface area contributed by atoms with Gasteiger partial charge >= 0.3 is 6.18 Å². The van der Waals surface area contributed by atoms with Crippen molar-refractivity contribution < 1.29 is 21.6 Å². The van der Waals surface area contributed by atoms with Gasteiger partial charge in [0.1, 0.15) is 0 Å². The molecule has 0 saturated carbocycles. The van der Waals surface area contributed by atoms with Gasteiger partial charge in [-0.3, -0.25) is 0 Å². The average molecular weight is 276 g/mol. The molecule has 104 valence electrons. The van der Waals surface area contributed by atoms with Gasteiger partial charge in [0.2, 0.25) is 10.0 Å². The quantitative estimate of drug-likeness (QED) is 0.656. The van der Waals surface area contributed by atoms with Crippen molar-refractivity contribution in [1.82, 2.24) is 10.0 Å². The summed E-state index contributed by atoms with van der Waals surface area (Å²) in [5.74, 6) is 0. The maximum Gasteiger partial charge on any atom is 0.389 e. The molecule has 17 heavy (non-hydrogen) atoms. The summed E-state index contributed by atoms with van der Waals surface area (Å²) in [7, 11) is -1.80. The lowest BCUT2D eigenvalue weighted by atomic mass is 10.2. The summed E-state index contributed by atoms with van der Waals surface area (Å²) in [6.45, 7) is 1.89. The fraction of sp³-hybridized carbons (Fsp3) is 1.00. The fourth-order valence-corrected chi connectivity index (χ4v) is 2.30. The van der Waals surface area contributed by atoms with Crippen LogP contribution in [0.2, 0.25) is 0 Å². The van der Waals surface area contributed by atoms with Gasteiger partial charge in [-0.1, -0.05) is 0 Å². The van der Waals surface area contributed by atoms with Crippen LogP contribution < -0.4 is 10.0 Å². The number of rotatable bonds is 8. The molecule has 0 aliphatic rings.